The summed E-state index contributed by atoms with van der Waals surface area (Å²) in [5.74, 6) is 0. The predicted molar refractivity (Wildman–Crippen MR) is 76.9 cm³/mol. The molecule has 0 radical (unpaired) electrons. The fourth-order valence-corrected chi connectivity index (χ4v) is 2.43. The van der Waals surface area contributed by atoms with Crippen LogP contribution in [0.4, 0.5) is 0 Å². The second kappa shape index (κ2) is 4.43. The van der Waals surface area contributed by atoms with Gasteiger partial charge in [0.25, 0.3) is 0 Å². The van der Waals surface area contributed by atoms with Gasteiger partial charge in [0.1, 0.15) is 0 Å². The first-order valence-electron chi connectivity index (χ1n) is 5.86. The maximum atomic E-state index is 6.28. The molecule has 0 saturated heterocycles. The third-order valence-electron chi connectivity index (χ3n) is 2.99. The zero-order valence-corrected chi connectivity index (χ0v) is 10.8. The molecule has 0 fully saturated rings. The van der Waals surface area contributed by atoms with Gasteiger partial charge >= 0.3 is 0 Å². The van der Waals surface area contributed by atoms with E-state index in [-0.39, 0.29) is 0 Å². The predicted octanol–water partition coefficient (Wildman–Crippen LogP) is 4.86. The Morgan fingerprint density at radius 2 is 1.67 bits per heavy atom. The summed E-state index contributed by atoms with van der Waals surface area (Å²) in [7, 11) is 0. The first kappa shape index (κ1) is 11.2. The van der Waals surface area contributed by atoms with Gasteiger partial charge in [0.2, 0.25) is 0 Å². The molecule has 0 saturated carbocycles. The second-order valence-electron chi connectivity index (χ2n) is 4.34. The summed E-state index contributed by atoms with van der Waals surface area (Å²) in [5, 5.41) is 1.76. The van der Waals surface area contributed by atoms with E-state index in [1.54, 1.807) is 0 Å². The van der Waals surface area contributed by atoms with E-state index in [1.165, 1.54) is 5.56 Å². The Bertz CT molecular complexity index is 705. The Morgan fingerprint density at radius 1 is 0.889 bits per heavy atom. The zero-order chi connectivity index (χ0) is 12.5. The Kier molecular flexibility index (Phi) is 2.77. The van der Waals surface area contributed by atoms with Gasteiger partial charge in [-0.15, -0.1) is 0 Å². The Morgan fingerprint density at radius 3 is 2.44 bits per heavy atom. The molecule has 0 N–H and O–H groups in total. The van der Waals surface area contributed by atoms with Crippen molar-refractivity contribution in [3.8, 4) is 11.1 Å². The molecule has 0 aliphatic carbocycles. The van der Waals surface area contributed by atoms with E-state index >= 15 is 0 Å². The monoisotopic (exact) mass is 253 g/mol. The summed E-state index contributed by atoms with van der Waals surface area (Å²) in [4.78, 5) is 4.49. The lowest BCUT2D eigenvalue weighted by Gasteiger charge is -2.06. The highest BCUT2D eigenvalue weighted by atomic mass is 35.5. The van der Waals surface area contributed by atoms with E-state index in [1.807, 2.05) is 37.3 Å². The van der Waals surface area contributed by atoms with Crippen LogP contribution < -0.4 is 0 Å². The maximum Gasteiger partial charge on any atom is 0.0720 e. The molecule has 0 atom stereocenters. The smallest absolute Gasteiger partial charge is 0.0720 e. The van der Waals surface area contributed by atoms with Crippen molar-refractivity contribution in [3.05, 3.63) is 65.3 Å². The van der Waals surface area contributed by atoms with Crippen molar-refractivity contribution in [1.82, 2.24) is 4.98 Å². The van der Waals surface area contributed by atoms with Gasteiger partial charge in [-0.2, -0.15) is 0 Å². The van der Waals surface area contributed by atoms with Gasteiger partial charge in [-0.05, 0) is 36.2 Å². The summed E-state index contributed by atoms with van der Waals surface area (Å²) in [6, 6.07) is 18.4. The largest absolute Gasteiger partial charge is 0.253 e. The SMILES string of the molecule is Cc1cc(Cl)c2cc(-c3ccccc3)ccc2n1. The molecule has 88 valence electrons. The summed E-state index contributed by atoms with van der Waals surface area (Å²) in [6.45, 7) is 1.95. The van der Waals surface area contributed by atoms with Crippen molar-refractivity contribution in [2.24, 2.45) is 0 Å². The van der Waals surface area contributed by atoms with E-state index in [4.69, 9.17) is 11.6 Å². The third kappa shape index (κ3) is 1.98. The summed E-state index contributed by atoms with van der Waals surface area (Å²) < 4.78 is 0. The molecule has 0 amide bonds. The molecule has 0 aliphatic rings. The average molecular weight is 254 g/mol. The van der Waals surface area contributed by atoms with Crippen LogP contribution in [-0.2, 0) is 0 Å². The highest BCUT2D eigenvalue weighted by molar-refractivity contribution is 6.35. The highest BCUT2D eigenvalue weighted by Gasteiger charge is 2.04. The molecule has 1 nitrogen and oxygen atoms in total. The van der Waals surface area contributed by atoms with Crippen LogP contribution in [0, 0.1) is 6.92 Å². The number of fused-ring (bicyclic) bond motifs is 1. The summed E-state index contributed by atoms with van der Waals surface area (Å²) >= 11 is 6.28. The molecular formula is C16H12ClN. The van der Waals surface area contributed by atoms with Crippen LogP contribution in [0.15, 0.2) is 54.6 Å². The fraction of sp³-hybridized carbons (Fsp3) is 0.0625. The molecule has 3 aromatic rings. The zero-order valence-electron chi connectivity index (χ0n) is 10.0. The normalized spacial score (nSPS) is 10.8. The van der Waals surface area contributed by atoms with Crippen molar-refractivity contribution < 1.29 is 0 Å². The molecule has 3 rings (SSSR count). The van der Waals surface area contributed by atoms with Crippen molar-refractivity contribution >= 4 is 22.5 Å². The molecular weight excluding hydrogens is 242 g/mol. The lowest BCUT2D eigenvalue weighted by atomic mass is 10.0. The van der Waals surface area contributed by atoms with Crippen molar-refractivity contribution in [2.45, 2.75) is 6.92 Å². The van der Waals surface area contributed by atoms with Gasteiger partial charge in [0.15, 0.2) is 0 Å². The number of benzene rings is 2. The highest BCUT2D eigenvalue weighted by Crippen LogP contribution is 2.28. The number of hydrogen-bond acceptors (Lipinski definition) is 1. The molecule has 1 aromatic heterocycles. The molecule has 2 aromatic carbocycles. The van der Waals surface area contributed by atoms with E-state index in [0.717, 1.165) is 27.2 Å². The van der Waals surface area contributed by atoms with Crippen molar-refractivity contribution in [3.63, 3.8) is 0 Å². The van der Waals surface area contributed by atoms with Crippen LogP contribution >= 0.6 is 11.6 Å². The van der Waals surface area contributed by atoms with Crippen LogP contribution in [0.2, 0.25) is 5.02 Å². The minimum Gasteiger partial charge on any atom is -0.253 e. The van der Waals surface area contributed by atoms with Crippen LogP contribution in [0.5, 0.6) is 0 Å². The molecule has 0 aliphatic heterocycles. The fourth-order valence-electron chi connectivity index (χ4n) is 2.12. The molecule has 1 heterocycles. The van der Waals surface area contributed by atoms with Gasteiger partial charge in [-0.3, -0.25) is 4.98 Å². The van der Waals surface area contributed by atoms with Gasteiger partial charge in [-0.1, -0.05) is 48.0 Å². The minimum absolute atomic E-state index is 0.760. The van der Waals surface area contributed by atoms with Gasteiger partial charge in [-0.25, -0.2) is 0 Å². The average Bonchev–Trinajstić information content (AvgIpc) is 2.39. The topological polar surface area (TPSA) is 12.9 Å². The van der Waals surface area contributed by atoms with Crippen LogP contribution in [0.1, 0.15) is 5.69 Å². The van der Waals surface area contributed by atoms with Crippen LogP contribution in [0.3, 0.4) is 0 Å². The Labute approximate surface area is 111 Å². The van der Waals surface area contributed by atoms with Crippen LogP contribution in [0.25, 0.3) is 22.0 Å². The Hall–Kier alpha value is -1.86. The minimum atomic E-state index is 0.760. The van der Waals surface area contributed by atoms with E-state index < -0.39 is 0 Å². The number of halogens is 1. The van der Waals surface area contributed by atoms with Gasteiger partial charge < -0.3 is 0 Å². The quantitative estimate of drug-likeness (QED) is 0.603. The van der Waals surface area contributed by atoms with E-state index in [2.05, 4.69) is 29.2 Å². The molecule has 18 heavy (non-hydrogen) atoms. The van der Waals surface area contributed by atoms with E-state index in [0.29, 0.717) is 0 Å². The van der Waals surface area contributed by atoms with E-state index in [9.17, 15) is 0 Å². The first-order chi connectivity index (χ1) is 8.74. The Balaban J connectivity index is 2.23. The molecule has 2 heteroatoms. The lowest BCUT2D eigenvalue weighted by molar-refractivity contribution is 1.26. The third-order valence-corrected chi connectivity index (χ3v) is 3.31. The lowest BCUT2D eigenvalue weighted by Crippen LogP contribution is -1.86. The number of pyridine rings is 1. The van der Waals surface area contributed by atoms with Crippen molar-refractivity contribution in [1.29, 1.82) is 0 Å². The number of aromatic nitrogens is 1. The van der Waals surface area contributed by atoms with Crippen molar-refractivity contribution in [2.75, 3.05) is 0 Å². The first-order valence-corrected chi connectivity index (χ1v) is 6.24. The van der Waals surface area contributed by atoms with Gasteiger partial charge in [0.05, 0.1) is 10.5 Å². The number of rotatable bonds is 1. The number of hydrogen-bond donors (Lipinski definition) is 0. The second-order valence-corrected chi connectivity index (χ2v) is 4.75. The van der Waals surface area contributed by atoms with Crippen LogP contribution in [-0.4, -0.2) is 4.98 Å². The molecule has 0 unspecified atom stereocenters. The maximum absolute atomic E-state index is 6.28. The summed E-state index contributed by atoms with van der Waals surface area (Å²) in [5.41, 5.74) is 4.24. The number of aryl methyl sites for hydroxylation is 1. The van der Waals surface area contributed by atoms with Gasteiger partial charge in [0, 0.05) is 11.1 Å². The molecule has 0 spiro atoms. The summed E-state index contributed by atoms with van der Waals surface area (Å²) in [6.07, 6.45) is 0. The standard InChI is InChI=1S/C16H12ClN/c1-11-9-15(17)14-10-13(7-8-16(14)18-11)12-5-3-2-4-6-12/h2-10H,1H3. The molecule has 0 bridgehead atoms. The number of nitrogens with zero attached hydrogens (tertiary/aromatic N) is 1.